The predicted molar refractivity (Wildman–Crippen MR) is 129 cm³/mol. The van der Waals surface area contributed by atoms with Crippen LogP contribution in [0.3, 0.4) is 0 Å². The maximum atomic E-state index is 12.9. The lowest BCUT2D eigenvalue weighted by Crippen LogP contribution is -2.37. The summed E-state index contributed by atoms with van der Waals surface area (Å²) < 4.78 is 38.0. The molecule has 0 fully saturated rings. The van der Waals surface area contributed by atoms with E-state index >= 15 is 0 Å². The van der Waals surface area contributed by atoms with Crippen LogP contribution in [0.15, 0.2) is 35.6 Å². The van der Waals surface area contributed by atoms with Crippen molar-refractivity contribution in [2.75, 3.05) is 19.7 Å². The van der Waals surface area contributed by atoms with Gasteiger partial charge in [-0.05, 0) is 39.7 Å². The maximum Gasteiger partial charge on any atom is 0.387 e. The highest BCUT2D eigenvalue weighted by Crippen LogP contribution is 2.33. The van der Waals surface area contributed by atoms with Crippen molar-refractivity contribution < 1.29 is 18.3 Å². The molecule has 1 heterocycles. The van der Waals surface area contributed by atoms with Crippen LogP contribution < -0.4 is 20.1 Å². The van der Waals surface area contributed by atoms with Crippen LogP contribution in [0.5, 0.6) is 11.5 Å². The standard InChI is InChI=1S/C21H31F2N5O2.HI/c1-4-24-21(26-11-6-7-13-28-14-12-25-16(28)3)27-15-17-9-8-10-18(29-5-2)19(17)30-20(22)23;/h8-10,12,14,20H,4-7,11,13,15H2,1-3H3,(H2,24,26,27);1H. The third-order valence-electron chi connectivity index (χ3n) is 4.36. The molecule has 7 nitrogen and oxygen atoms in total. The molecule has 0 aliphatic heterocycles. The minimum atomic E-state index is -2.93. The molecule has 10 heteroatoms. The fourth-order valence-corrected chi connectivity index (χ4v) is 2.94. The number of ether oxygens (including phenoxy) is 2. The Bertz CT molecular complexity index is 802. The number of nitrogens with one attached hydrogen (secondary N) is 2. The Balaban J connectivity index is 0.00000480. The molecule has 0 bridgehead atoms. The van der Waals surface area contributed by atoms with Crippen molar-refractivity contribution in [1.29, 1.82) is 0 Å². The number of alkyl halides is 2. The van der Waals surface area contributed by atoms with Crippen LogP contribution in [0.25, 0.3) is 0 Å². The number of para-hydroxylation sites is 1. The van der Waals surface area contributed by atoms with Gasteiger partial charge in [-0.2, -0.15) is 8.78 Å². The number of aliphatic imine (C=N–C) groups is 1. The summed E-state index contributed by atoms with van der Waals surface area (Å²) in [5, 5.41) is 6.45. The number of halogens is 3. The molecule has 0 atom stereocenters. The van der Waals surface area contributed by atoms with E-state index in [-0.39, 0.29) is 36.3 Å². The molecule has 1 aromatic carbocycles. The number of aromatic nitrogens is 2. The molecule has 174 valence electrons. The van der Waals surface area contributed by atoms with E-state index in [4.69, 9.17) is 9.47 Å². The maximum absolute atomic E-state index is 12.9. The molecule has 0 spiro atoms. The first-order valence-corrected chi connectivity index (χ1v) is 10.2. The van der Waals surface area contributed by atoms with Gasteiger partial charge in [-0.1, -0.05) is 12.1 Å². The van der Waals surface area contributed by atoms with Crippen LogP contribution in [-0.2, 0) is 13.1 Å². The monoisotopic (exact) mass is 551 g/mol. The Morgan fingerprint density at radius 2 is 2.03 bits per heavy atom. The Hall–Kier alpha value is -2.11. The average Bonchev–Trinajstić information content (AvgIpc) is 3.12. The summed E-state index contributed by atoms with van der Waals surface area (Å²) in [4.78, 5) is 8.73. The Morgan fingerprint density at radius 3 is 2.68 bits per heavy atom. The summed E-state index contributed by atoms with van der Waals surface area (Å²) in [6, 6.07) is 5.06. The van der Waals surface area contributed by atoms with E-state index in [2.05, 4.69) is 25.2 Å². The number of guanidine groups is 1. The second-order valence-corrected chi connectivity index (χ2v) is 6.55. The molecule has 0 aliphatic rings. The fraction of sp³-hybridized carbons (Fsp3) is 0.524. The van der Waals surface area contributed by atoms with Gasteiger partial charge in [0.2, 0.25) is 0 Å². The van der Waals surface area contributed by atoms with E-state index < -0.39 is 6.61 Å². The third-order valence-corrected chi connectivity index (χ3v) is 4.36. The second-order valence-electron chi connectivity index (χ2n) is 6.55. The molecular weight excluding hydrogens is 519 g/mol. The van der Waals surface area contributed by atoms with Gasteiger partial charge in [-0.3, -0.25) is 0 Å². The summed E-state index contributed by atoms with van der Waals surface area (Å²) in [6.45, 7) is 5.72. The van der Waals surface area contributed by atoms with Gasteiger partial charge in [0, 0.05) is 37.6 Å². The zero-order valence-corrected chi connectivity index (χ0v) is 20.6. The smallest absolute Gasteiger partial charge is 0.387 e. The number of rotatable bonds is 12. The fourth-order valence-electron chi connectivity index (χ4n) is 2.94. The van der Waals surface area contributed by atoms with Crippen molar-refractivity contribution in [2.45, 2.75) is 53.3 Å². The number of benzene rings is 1. The summed E-state index contributed by atoms with van der Waals surface area (Å²) in [7, 11) is 0. The van der Waals surface area contributed by atoms with Gasteiger partial charge in [-0.15, -0.1) is 24.0 Å². The first-order valence-electron chi connectivity index (χ1n) is 10.2. The van der Waals surface area contributed by atoms with Crippen molar-refractivity contribution in [3.8, 4) is 11.5 Å². The van der Waals surface area contributed by atoms with E-state index in [9.17, 15) is 8.78 Å². The van der Waals surface area contributed by atoms with Gasteiger partial charge in [0.15, 0.2) is 17.5 Å². The van der Waals surface area contributed by atoms with Crippen molar-refractivity contribution >= 4 is 29.9 Å². The number of unbranched alkanes of at least 4 members (excludes halogenated alkanes) is 1. The first kappa shape index (κ1) is 26.9. The molecule has 2 N–H and O–H groups in total. The van der Waals surface area contributed by atoms with Crippen LogP contribution >= 0.6 is 24.0 Å². The molecule has 2 rings (SSSR count). The number of aryl methyl sites for hydroxylation is 2. The lowest BCUT2D eigenvalue weighted by Gasteiger charge is -2.15. The van der Waals surface area contributed by atoms with Gasteiger partial charge < -0.3 is 24.7 Å². The third kappa shape index (κ3) is 9.28. The summed E-state index contributed by atoms with van der Waals surface area (Å²) in [5.41, 5.74) is 0.536. The second kappa shape index (κ2) is 14.8. The number of hydrogen-bond acceptors (Lipinski definition) is 4. The van der Waals surface area contributed by atoms with Crippen molar-refractivity contribution in [3.63, 3.8) is 0 Å². The minimum absolute atomic E-state index is 0. The van der Waals surface area contributed by atoms with Crippen LogP contribution in [-0.4, -0.2) is 41.8 Å². The van der Waals surface area contributed by atoms with E-state index in [0.29, 0.717) is 30.4 Å². The topological polar surface area (TPSA) is 72.7 Å². The number of nitrogens with zero attached hydrogens (tertiary/aromatic N) is 3. The Labute approximate surface area is 199 Å². The molecule has 2 aromatic rings. The number of hydrogen-bond donors (Lipinski definition) is 2. The van der Waals surface area contributed by atoms with Gasteiger partial charge in [-0.25, -0.2) is 9.98 Å². The van der Waals surface area contributed by atoms with Crippen molar-refractivity contribution in [2.24, 2.45) is 4.99 Å². The zero-order valence-electron chi connectivity index (χ0n) is 18.2. The highest BCUT2D eigenvalue weighted by molar-refractivity contribution is 14.0. The van der Waals surface area contributed by atoms with Gasteiger partial charge in [0.25, 0.3) is 0 Å². The lowest BCUT2D eigenvalue weighted by atomic mass is 10.2. The number of imidazole rings is 1. The van der Waals surface area contributed by atoms with E-state index in [0.717, 1.165) is 31.8 Å². The summed E-state index contributed by atoms with van der Waals surface area (Å²) in [5.74, 6) is 1.96. The molecule has 0 amide bonds. The molecule has 0 saturated heterocycles. The Kier molecular flexibility index (Phi) is 12.9. The summed E-state index contributed by atoms with van der Waals surface area (Å²) >= 11 is 0. The van der Waals surface area contributed by atoms with Crippen LogP contribution in [0, 0.1) is 6.92 Å². The van der Waals surface area contributed by atoms with Crippen LogP contribution in [0.4, 0.5) is 8.78 Å². The first-order chi connectivity index (χ1) is 14.5. The largest absolute Gasteiger partial charge is 0.490 e. The molecule has 0 saturated carbocycles. The normalized spacial score (nSPS) is 11.2. The Morgan fingerprint density at radius 1 is 1.23 bits per heavy atom. The highest BCUT2D eigenvalue weighted by Gasteiger charge is 2.15. The average molecular weight is 551 g/mol. The molecule has 0 radical (unpaired) electrons. The van der Waals surface area contributed by atoms with Gasteiger partial charge in [0.1, 0.15) is 5.82 Å². The summed E-state index contributed by atoms with van der Waals surface area (Å²) in [6.07, 6.45) is 5.74. The van der Waals surface area contributed by atoms with Gasteiger partial charge in [0.05, 0.1) is 13.2 Å². The van der Waals surface area contributed by atoms with Gasteiger partial charge >= 0.3 is 6.61 Å². The van der Waals surface area contributed by atoms with E-state index in [1.54, 1.807) is 31.3 Å². The van der Waals surface area contributed by atoms with E-state index in [1.807, 2.05) is 20.0 Å². The lowest BCUT2D eigenvalue weighted by molar-refractivity contribution is -0.0520. The molecule has 0 aliphatic carbocycles. The van der Waals surface area contributed by atoms with Crippen molar-refractivity contribution in [1.82, 2.24) is 20.2 Å². The molecular formula is C21H32F2IN5O2. The predicted octanol–water partition coefficient (Wildman–Crippen LogP) is 4.35. The molecule has 0 unspecified atom stereocenters. The molecule has 31 heavy (non-hydrogen) atoms. The van der Waals surface area contributed by atoms with Crippen molar-refractivity contribution in [3.05, 3.63) is 42.0 Å². The minimum Gasteiger partial charge on any atom is -0.490 e. The SMILES string of the molecule is CCNC(=NCc1cccc(OCC)c1OC(F)F)NCCCCn1ccnc1C.I. The highest BCUT2D eigenvalue weighted by atomic mass is 127. The van der Waals surface area contributed by atoms with E-state index in [1.165, 1.54) is 0 Å². The quantitative estimate of drug-likeness (QED) is 0.178. The van der Waals surface area contributed by atoms with Crippen LogP contribution in [0.2, 0.25) is 0 Å². The molecule has 1 aromatic heterocycles. The van der Waals surface area contributed by atoms with Crippen LogP contribution in [0.1, 0.15) is 38.1 Å². The zero-order chi connectivity index (χ0) is 21.8.